The highest BCUT2D eigenvalue weighted by Gasteiger charge is 2.16. The normalized spacial score (nSPS) is 11.1. The third kappa shape index (κ3) is 3.44. The molecule has 0 amide bonds. The second-order valence-corrected chi connectivity index (χ2v) is 7.00. The summed E-state index contributed by atoms with van der Waals surface area (Å²) in [5, 5.41) is 8.45. The van der Waals surface area contributed by atoms with Crippen molar-refractivity contribution in [3.05, 3.63) is 45.5 Å². The molecule has 136 valence electrons. The van der Waals surface area contributed by atoms with Gasteiger partial charge in [0, 0.05) is 34.8 Å². The van der Waals surface area contributed by atoms with Crippen molar-refractivity contribution in [2.24, 2.45) is 0 Å². The van der Waals surface area contributed by atoms with Crippen molar-refractivity contribution in [1.29, 1.82) is 5.41 Å². The molecule has 7 heteroatoms. The number of ether oxygens (including phenoxy) is 1. The second kappa shape index (κ2) is 7.45. The highest BCUT2D eigenvalue weighted by atomic mass is 79.9. The lowest BCUT2D eigenvalue weighted by molar-refractivity contribution is -0.140. The van der Waals surface area contributed by atoms with Crippen molar-refractivity contribution in [3.8, 4) is 11.5 Å². The zero-order chi connectivity index (χ0) is 18.8. The number of benzene rings is 1. The summed E-state index contributed by atoms with van der Waals surface area (Å²) >= 11 is 3.53. The smallest absolute Gasteiger partial charge is 0.305 e. The van der Waals surface area contributed by atoms with E-state index >= 15 is 0 Å². The Labute approximate surface area is 159 Å². The van der Waals surface area contributed by atoms with E-state index in [4.69, 9.17) is 9.83 Å². The highest BCUT2D eigenvalue weighted by molar-refractivity contribution is 9.10. The number of fused-ring (bicyclic) bond motifs is 1. The third-order valence-corrected chi connectivity index (χ3v) is 5.21. The van der Waals surface area contributed by atoms with E-state index in [1.165, 1.54) is 7.11 Å². The monoisotopic (exact) mass is 417 g/mol. The lowest BCUT2D eigenvalue weighted by Crippen LogP contribution is -2.21. The van der Waals surface area contributed by atoms with Gasteiger partial charge in [0.25, 0.3) is 0 Å². The average molecular weight is 418 g/mol. The Morgan fingerprint density at radius 3 is 2.88 bits per heavy atom. The standard InChI is InChI=1S/C19H20BrN3O3/c1-11-10-23(9-5-8-15(24)25-3)18(21)16-17(11)26-19(22-16)13-6-4-7-14(20)12(13)2/h4,6-7,10,21H,5,8-9H2,1-3H3. The van der Waals surface area contributed by atoms with Gasteiger partial charge in [-0.05, 0) is 38.0 Å². The van der Waals surface area contributed by atoms with Gasteiger partial charge < -0.3 is 13.7 Å². The Bertz CT molecular complexity index is 1040. The van der Waals surface area contributed by atoms with E-state index in [1.807, 2.05) is 38.2 Å². The Morgan fingerprint density at radius 1 is 1.38 bits per heavy atom. The van der Waals surface area contributed by atoms with Crippen LogP contribution in [-0.2, 0) is 16.1 Å². The minimum atomic E-state index is -0.246. The van der Waals surface area contributed by atoms with Crippen LogP contribution in [0.25, 0.3) is 22.6 Å². The van der Waals surface area contributed by atoms with E-state index < -0.39 is 0 Å². The third-order valence-electron chi connectivity index (χ3n) is 4.35. The molecular weight excluding hydrogens is 398 g/mol. The fourth-order valence-corrected chi connectivity index (χ4v) is 3.23. The van der Waals surface area contributed by atoms with Crippen LogP contribution in [0.3, 0.4) is 0 Å². The topological polar surface area (TPSA) is 81.1 Å². The van der Waals surface area contributed by atoms with Gasteiger partial charge in [0.1, 0.15) is 0 Å². The predicted octanol–water partition coefficient (Wildman–Crippen LogP) is 4.11. The van der Waals surface area contributed by atoms with E-state index in [1.54, 1.807) is 4.57 Å². The van der Waals surface area contributed by atoms with Crippen LogP contribution in [0.15, 0.2) is 33.3 Å². The van der Waals surface area contributed by atoms with Crippen LogP contribution >= 0.6 is 15.9 Å². The number of hydrogen-bond acceptors (Lipinski definition) is 5. The average Bonchev–Trinajstić information content (AvgIpc) is 3.07. The molecule has 0 atom stereocenters. The summed E-state index contributed by atoms with van der Waals surface area (Å²) in [6.07, 6.45) is 2.79. The number of esters is 1. The molecule has 1 aromatic carbocycles. The largest absolute Gasteiger partial charge is 0.469 e. The van der Waals surface area contributed by atoms with E-state index in [2.05, 4.69) is 25.7 Å². The molecule has 0 spiro atoms. The molecule has 0 aliphatic rings. The zero-order valence-electron chi connectivity index (χ0n) is 14.9. The summed E-state index contributed by atoms with van der Waals surface area (Å²) < 4.78 is 13.4. The minimum absolute atomic E-state index is 0.246. The maximum atomic E-state index is 11.3. The molecule has 1 N–H and O–H groups in total. The molecule has 0 aliphatic heterocycles. The van der Waals surface area contributed by atoms with Crippen LogP contribution in [0.1, 0.15) is 24.0 Å². The Balaban J connectivity index is 2.00. The number of rotatable bonds is 5. The molecule has 6 nitrogen and oxygen atoms in total. The summed E-state index contributed by atoms with van der Waals surface area (Å²) in [6, 6.07) is 5.86. The van der Waals surface area contributed by atoms with E-state index in [9.17, 15) is 4.79 Å². The zero-order valence-corrected chi connectivity index (χ0v) is 16.5. The number of pyridine rings is 1. The highest BCUT2D eigenvalue weighted by Crippen LogP contribution is 2.30. The van der Waals surface area contributed by atoms with Gasteiger partial charge >= 0.3 is 5.97 Å². The number of hydrogen-bond donors (Lipinski definition) is 1. The predicted molar refractivity (Wildman–Crippen MR) is 102 cm³/mol. The molecule has 2 aromatic heterocycles. The minimum Gasteiger partial charge on any atom is -0.469 e. The molecule has 0 saturated carbocycles. The first kappa shape index (κ1) is 18.4. The summed E-state index contributed by atoms with van der Waals surface area (Å²) in [7, 11) is 1.38. The van der Waals surface area contributed by atoms with Crippen LogP contribution in [0.2, 0.25) is 0 Å². The quantitative estimate of drug-likeness (QED) is 0.633. The molecule has 0 fully saturated rings. The molecule has 0 saturated heterocycles. The summed E-state index contributed by atoms with van der Waals surface area (Å²) in [5.41, 5.74) is 4.26. The molecule has 0 bridgehead atoms. The van der Waals surface area contributed by atoms with Crippen LogP contribution < -0.4 is 5.49 Å². The van der Waals surface area contributed by atoms with Crippen molar-refractivity contribution in [1.82, 2.24) is 9.55 Å². The molecule has 2 heterocycles. The number of oxazole rings is 1. The fourth-order valence-electron chi connectivity index (χ4n) is 2.87. The Morgan fingerprint density at radius 2 is 2.15 bits per heavy atom. The number of aryl methyl sites for hydroxylation is 2. The van der Waals surface area contributed by atoms with Gasteiger partial charge in [-0.1, -0.05) is 22.0 Å². The van der Waals surface area contributed by atoms with E-state index in [0.29, 0.717) is 36.4 Å². The lowest BCUT2D eigenvalue weighted by atomic mass is 10.1. The molecule has 3 aromatic rings. The van der Waals surface area contributed by atoms with Crippen molar-refractivity contribution in [2.45, 2.75) is 33.2 Å². The maximum Gasteiger partial charge on any atom is 0.305 e. The first-order valence-corrected chi connectivity index (χ1v) is 9.09. The first-order chi connectivity index (χ1) is 12.4. The Hall–Kier alpha value is -2.41. The number of aromatic nitrogens is 2. The lowest BCUT2D eigenvalue weighted by Gasteiger charge is -2.07. The number of carbonyl (C=O) groups excluding carboxylic acids is 1. The second-order valence-electron chi connectivity index (χ2n) is 6.14. The van der Waals surface area contributed by atoms with Gasteiger partial charge in [0.2, 0.25) is 5.89 Å². The van der Waals surface area contributed by atoms with Crippen molar-refractivity contribution < 1.29 is 13.9 Å². The van der Waals surface area contributed by atoms with Gasteiger partial charge in [-0.3, -0.25) is 10.2 Å². The molecule has 26 heavy (non-hydrogen) atoms. The number of nitrogens with zero attached hydrogens (tertiary/aromatic N) is 2. The molecular formula is C19H20BrN3O3. The number of carbonyl (C=O) groups is 1. The first-order valence-electron chi connectivity index (χ1n) is 8.30. The van der Waals surface area contributed by atoms with Gasteiger partial charge in [0.05, 0.1) is 7.11 Å². The van der Waals surface area contributed by atoms with Gasteiger partial charge in [-0.2, -0.15) is 0 Å². The van der Waals surface area contributed by atoms with E-state index in [0.717, 1.165) is 21.2 Å². The van der Waals surface area contributed by atoms with Gasteiger partial charge in [-0.15, -0.1) is 0 Å². The van der Waals surface area contributed by atoms with E-state index in [-0.39, 0.29) is 11.5 Å². The number of methoxy groups -OCH3 is 1. The van der Waals surface area contributed by atoms with Crippen LogP contribution in [0.4, 0.5) is 0 Å². The van der Waals surface area contributed by atoms with Crippen molar-refractivity contribution in [2.75, 3.05) is 7.11 Å². The molecule has 3 rings (SSSR count). The van der Waals surface area contributed by atoms with Crippen molar-refractivity contribution >= 4 is 33.0 Å². The molecule has 0 radical (unpaired) electrons. The fraction of sp³-hybridized carbons (Fsp3) is 0.316. The summed E-state index contributed by atoms with van der Waals surface area (Å²) in [6.45, 7) is 4.47. The summed E-state index contributed by atoms with van der Waals surface area (Å²) in [4.78, 5) is 15.9. The molecule has 0 aliphatic carbocycles. The summed E-state index contributed by atoms with van der Waals surface area (Å²) in [5.74, 6) is 0.256. The Kier molecular flexibility index (Phi) is 5.27. The maximum absolute atomic E-state index is 11.3. The van der Waals surface area contributed by atoms with Crippen LogP contribution in [0, 0.1) is 19.3 Å². The van der Waals surface area contributed by atoms with Gasteiger partial charge in [0.15, 0.2) is 16.6 Å². The number of nitrogens with one attached hydrogen (secondary N) is 1. The number of halogens is 1. The molecule has 0 unspecified atom stereocenters. The van der Waals surface area contributed by atoms with Crippen LogP contribution in [0.5, 0.6) is 0 Å². The SMILES string of the molecule is COC(=O)CCCn1cc(C)c2oc(-c3cccc(Br)c3C)nc2c1=N. The van der Waals surface area contributed by atoms with Gasteiger partial charge in [-0.25, -0.2) is 4.98 Å². The van der Waals surface area contributed by atoms with Crippen LogP contribution in [-0.4, -0.2) is 22.6 Å². The van der Waals surface area contributed by atoms with Crippen molar-refractivity contribution in [3.63, 3.8) is 0 Å².